The van der Waals surface area contributed by atoms with Crippen molar-refractivity contribution < 1.29 is 4.79 Å². The van der Waals surface area contributed by atoms with Gasteiger partial charge in [-0.2, -0.15) is 0 Å². The molecule has 0 aliphatic carbocycles. The lowest BCUT2D eigenvalue weighted by Gasteiger charge is -2.05. The molecule has 1 aromatic carbocycles. The summed E-state index contributed by atoms with van der Waals surface area (Å²) in [7, 11) is 1.84. The van der Waals surface area contributed by atoms with Crippen molar-refractivity contribution >= 4 is 29.0 Å². The van der Waals surface area contributed by atoms with Gasteiger partial charge in [0.2, 0.25) is 0 Å². The Hall–Kier alpha value is -1.32. The number of halogens is 2. The van der Waals surface area contributed by atoms with E-state index < -0.39 is 0 Å². The van der Waals surface area contributed by atoms with Crippen LogP contribution in [0.5, 0.6) is 0 Å². The summed E-state index contributed by atoms with van der Waals surface area (Å²) >= 11 is 11.9. The molecule has 0 amide bonds. The summed E-state index contributed by atoms with van der Waals surface area (Å²) in [5.74, 6) is 0.556. The van der Waals surface area contributed by atoms with Crippen LogP contribution in [0, 0.1) is 0 Å². The fourth-order valence-corrected chi connectivity index (χ4v) is 2.17. The molecule has 0 atom stereocenters. The van der Waals surface area contributed by atoms with Crippen molar-refractivity contribution in [2.75, 3.05) is 0 Å². The highest BCUT2D eigenvalue weighted by Crippen LogP contribution is 2.25. The molecule has 5 heteroatoms. The number of nitrogens with zero attached hydrogens (tertiary/aromatic N) is 2. The minimum atomic E-state index is -0.130. The highest BCUT2D eigenvalue weighted by molar-refractivity contribution is 6.39. The average molecular weight is 269 g/mol. The van der Waals surface area contributed by atoms with Crippen molar-refractivity contribution in [3.8, 4) is 0 Å². The zero-order chi connectivity index (χ0) is 12.4. The summed E-state index contributed by atoms with van der Waals surface area (Å²) in [5, 5.41) is 0.744. The van der Waals surface area contributed by atoms with Crippen molar-refractivity contribution in [2.24, 2.45) is 7.05 Å². The Morgan fingerprint density at radius 3 is 2.53 bits per heavy atom. The number of carbonyl (C=O) groups excluding carboxylic acids is 1. The molecular formula is C12H10Cl2N2O. The van der Waals surface area contributed by atoms with Crippen LogP contribution < -0.4 is 0 Å². The first-order chi connectivity index (χ1) is 8.09. The van der Waals surface area contributed by atoms with E-state index in [0.29, 0.717) is 21.4 Å². The van der Waals surface area contributed by atoms with Crippen molar-refractivity contribution in [2.45, 2.75) is 6.42 Å². The molecular weight excluding hydrogens is 259 g/mol. The summed E-state index contributed by atoms with van der Waals surface area (Å²) in [4.78, 5) is 16.2. The van der Waals surface area contributed by atoms with Gasteiger partial charge in [-0.15, -0.1) is 0 Å². The number of carbonyl (C=O) groups is 1. The molecule has 0 unspecified atom stereocenters. The molecule has 3 nitrogen and oxygen atoms in total. The number of imidazole rings is 1. The van der Waals surface area contributed by atoms with E-state index in [1.807, 2.05) is 7.05 Å². The first kappa shape index (κ1) is 12.1. The van der Waals surface area contributed by atoms with Crippen LogP contribution in [0.15, 0.2) is 30.6 Å². The number of aromatic nitrogens is 2. The van der Waals surface area contributed by atoms with Crippen LogP contribution >= 0.6 is 23.2 Å². The van der Waals surface area contributed by atoms with E-state index in [2.05, 4.69) is 4.98 Å². The highest BCUT2D eigenvalue weighted by Gasteiger charge is 2.16. The van der Waals surface area contributed by atoms with E-state index in [4.69, 9.17) is 23.2 Å². The first-order valence-electron chi connectivity index (χ1n) is 5.03. The van der Waals surface area contributed by atoms with Crippen LogP contribution in [0.4, 0.5) is 0 Å². The van der Waals surface area contributed by atoms with E-state index in [1.54, 1.807) is 35.2 Å². The fourth-order valence-electron chi connectivity index (χ4n) is 1.56. The van der Waals surface area contributed by atoms with Gasteiger partial charge in [0.15, 0.2) is 5.78 Å². The van der Waals surface area contributed by atoms with Gasteiger partial charge in [-0.3, -0.25) is 4.79 Å². The Morgan fingerprint density at radius 1 is 1.35 bits per heavy atom. The molecule has 0 spiro atoms. The first-order valence-corrected chi connectivity index (χ1v) is 5.78. The van der Waals surface area contributed by atoms with Gasteiger partial charge in [0.1, 0.15) is 5.82 Å². The molecule has 2 rings (SSSR count). The second-order valence-corrected chi connectivity index (χ2v) is 4.47. The largest absolute Gasteiger partial charge is 0.338 e. The van der Waals surface area contributed by atoms with E-state index in [9.17, 15) is 4.79 Å². The predicted molar refractivity (Wildman–Crippen MR) is 67.7 cm³/mol. The number of rotatable bonds is 3. The van der Waals surface area contributed by atoms with Crippen molar-refractivity contribution in [3.05, 3.63) is 52.0 Å². The third-order valence-electron chi connectivity index (χ3n) is 2.48. The lowest BCUT2D eigenvalue weighted by Crippen LogP contribution is -2.09. The summed E-state index contributed by atoms with van der Waals surface area (Å²) in [6, 6.07) is 5.01. The Morgan fingerprint density at radius 2 is 2.00 bits per heavy atom. The topological polar surface area (TPSA) is 34.9 Å². The normalized spacial score (nSPS) is 10.5. The number of Topliss-reactive ketones (excluding diaryl/α,β-unsaturated/α-hetero) is 1. The molecule has 0 fully saturated rings. The van der Waals surface area contributed by atoms with Gasteiger partial charge < -0.3 is 4.57 Å². The van der Waals surface area contributed by atoms with Crippen LogP contribution in [-0.4, -0.2) is 15.3 Å². The molecule has 1 heterocycles. The van der Waals surface area contributed by atoms with Crippen molar-refractivity contribution in [1.29, 1.82) is 0 Å². The Bertz CT molecular complexity index is 543. The molecule has 0 aliphatic rings. The molecule has 0 saturated carbocycles. The van der Waals surface area contributed by atoms with Crippen LogP contribution in [0.1, 0.15) is 16.2 Å². The van der Waals surface area contributed by atoms with Crippen LogP contribution in [0.25, 0.3) is 0 Å². The van der Waals surface area contributed by atoms with Gasteiger partial charge >= 0.3 is 0 Å². The summed E-state index contributed by atoms with van der Waals surface area (Å²) in [6.45, 7) is 0. The van der Waals surface area contributed by atoms with Crippen molar-refractivity contribution in [1.82, 2.24) is 9.55 Å². The number of aryl methyl sites for hydroxylation is 1. The van der Waals surface area contributed by atoms with Gasteiger partial charge in [-0.1, -0.05) is 29.3 Å². The van der Waals surface area contributed by atoms with Crippen molar-refractivity contribution in [3.63, 3.8) is 0 Å². The van der Waals surface area contributed by atoms with Crippen LogP contribution in [-0.2, 0) is 13.5 Å². The smallest absolute Gasteiger partial charge is 0.173 e. The van der Waals surface area contributed by atoms with E-state index in [-0.39, 0.29) is 12.2 Å². The van der Waals surface area contributed by atoms with Gasteiger partial charge in [-0.25, -0.2) is 4.98 Å². The Balaban J connectivity index is 2.30. The quantitative estimate of drug-likeness (QED) is 0.802. The van der Waals surface area contributed by atoms with Crippen LogP contribution in [0.3, 0.4) is 0 Å². The molecule has 0 bridgehead atoms. The van der Waals surface area contributed by atoms with Gasteiger partial charge in [0.25, 0.3) is 0 Å². The molecule has 2 aromatic rings. The molecule has 0 radical (unpaired) electrons. The standard InChI is InChI=1S/C12H10Cl2N2O/c1-16-6-5-15-11(16)7-10(17)12-8(13)3-2-4-9(12)14/h2-6H,7H2,1H3. The van der Waals surface area contributed by atoms with Crippen LogP contribution in [0.2, 0.25) is 10.0 Å². The molecule has 0 N–H and O–H groups in total. The minimum Gasteiger partial charge on any atom is -0.338 e. The maximum atomic E-state index is 12.1. The number of benzene rings is 1. The van der Waals surface area contributed by atoms with E-state index >= 15 is 0 Å². The van der Waals surface area contributed by atoms with Gasteiger partial charge in [0, 0.05) is 19.4 Å². The lowest BCUT2D eigenvalue weighted by molar-refractivity contribution is 0.0990. The number of hydrogen-bond donors (Lipinski definition) is 0. The van der Waals surface area contributed by atoms with E-state index in [0.717, 1.165) is 0 Å². The predicted octanol–water partition coefficient (Wildman–Crippen LogP) is 3.15. The zero-order valence-electron chi connectivity index (χ0n) is 9.15. The number of ketones is 1. The van der Waals surface area contributed by atoms with Gasteiger partial charge in [0.05, 0.1) is 22.0 Å². The zero-order valence-corrected chi connectivity index (χ0v) is 10.7. The SMILES string of the molecule is Cn1ccnc1CC(=O)c1c(Cl)cccc1Cl. The second kappa shape index (κ2) is 4.90. The lowest BCUT2D eigenvalue weighted by atomic mass is 10.1. The summed E-state index contributed by atoms with van der Waals surface area (Å²) < 4.78 is 1.79. The average Bonchev–Trinajstić information content (AvgIpc) is 2.64. The fraction of sp³-hybridized carbons (Fsp3) is 0.167. The summed E-state index contributed by atoms with van der Waals surface area (Å²) in [5.41, 5.74) is 0.360. The third kappa shape index (κ3) is 2.51. The minimum absolute atomic E-state index is 0.130. The van der Waals surface area contributed by atoms with Gasteiger partial charge in [-0.05, 0) is 12.1 Å². The molecule has 17 heavy (non-hydrogen) atoms. The molecule has 0 saturated heterocycles. The maximum absolute atomic E-state index is 12.1. The third-order valence-corrected chi connectivity index (χ3v) is 3.11. The number of hydrogen-bond acceptors (Lipinski definition) is 2. The summed E-state index contributed by atoms with van der Waals surface area (Å²) in [6.07, 6.45) is 3.63. The maximum Gasteiger partial charge on any atom is 0.173 e. The monoisotopic (exact) mass is 268 g/mol. The molecule has 1 aromatic heterocycles. The highest BCUT2D eigenvalue weighted by atomic mass is 35.5. The molecule has 88 valence electrons. The Labute approximate surface area is 109 Å². The Kier molecular flexibility index (Phi) is 3.50. The van der Waals surface area contributed by atoms with E-state index in [1.165, 1.54) is 0 Å². The second-order valence-electron chi connectivity index (χ2n) is 3.65. The molecule has 0 aliphatic heterocycles.